The van der Waals surface area contributed by atoms with Crippen molar-refractivity contribution in [2.75, 3.05) is 6.61 Å². The van der Waals surface area contributed by atoms with Crippen molar-refractivity contribution in [2.45, 2.75) is 12.6 Å². The molecule has 0 aliphatic carbocycles. The number of aliphatic carboxylic acids is 1. The largest absolute Gasteiger partial charge is 0.486 e. The zero-order valence-electron chi connectivity index (χ0n) is 16.6. The zero-order valence-corrected chi connectivity index (χ0v) is 17.4. The van der Waals surface area contributed by atoms with E-state index in [2.05, 4.69) is 0 Å². The Hall–Kier alpha value is -3.45. The summed E-state index contributed by atoms with van der Waals surface area (Å²) in [6.45, 7) is 0.159. The van der Waals surface area contributed by atoms with Crippen LogP contribution in [0.25, 0.3) is 6.08 Å². The monoisotopic (exact) mass is 462 g/mol. The number of halogens is 4. The van der Waals surface area contributed by atoms with Crippen LogP contribution in [0, 0.1) is 0 Å². The lowest BCUT2D eigenvalue weighted by Crippen LogP contribution is -2.04. The van der Waals surface area contributed by atoms with Crippen molar-refractivity contribution in [3.05, 3.63) is 94.5 Å². The molecule has 3 rings (SSSR count). The summed E-state index contributed by atoms with van der Waals surface area (Å²) in [6.07, 6.45) is -1.27. The van der Waals surface area contributed by atoms with Gasteiger partial charge in [-0.05, 0) is 59.7 Å². The van der Waals surface area contributed by atoms with Crippen molar-refractivity contribution in [3.8, 4) is 17.2 Å². The number of ether oxygens (including phenoxy) is 2. The third-order valence-electron chi connectivity index (χ3n) is 4.32. The average molecular weight is 463 g/mol. The van der Waals surface area contributed by atoms with Gasteiger partial charge in [-0.15, -0.1) is 0 Å². The minimum absolute atomic E-state index is 0.159. The molecule has 0 fully saturated rings. The Kier molecular flexibility index (Phi) is 7.43. The maximum Gasteiger partial charge on any atom is 0.416 e. The molecular weight excluding hydrogens is 445 g/mol. The molecule has 0 heterocycles. The molecule has 32 heavy (non-hydrogen) atoms. The highest BCUT2D eigenvalue weighted by Gasteiger charge is 2.29. The number of benzene rings is 3. The Morgan fingerprint density at radius 3 is 2.34 bits per heavy atom. The van der Waals surface area contributed by atoms with Crippen LogP contribution in [0.5, 0.6) is 17.2 Å². The van der Waals surface area contributed by atoms with E-state index in [1.54, 1.807) is 54.6 Å². The van der Waals surface area contributed by atoms with Gasteiger partial charge in [-0.1, -0.05) is 41.9 Å². The third-order valence-corrected chi connectivity index (χ3v) is 4.69. The molecule has 0 bridgehead atoms. The molecular formula is C24H18ClF3O4. The van der Waals surface area contributed by atoms with Crippen molar-refractivity contribution in [1.29, 1.82) is 0 Å². The van der Waals surface area contributed by atoms with Gasteiger partial charge in [0, 0.05) is 5.02 Å². The summed E-state index contributed by atoms with van der Waals surface area (Å²) >= 11 is 6.03. The number of carboxylic acids is 1. The van der Waals surface area contributed by atoms with Crippen molar-refractivity contribution in [2.24, 2.45) is 0 Å². The van der Waals surface area contributed by atoms with Gasteiger partial charge in [-0.25, -0.2) is 0 Å². The van der Waals surface area contributed by atoms with Crippen LogP contribution in [0.15, 0.2) is 72.8 Å². The molecule has 8 heteroatoms. The summed E-state index contributed by atoms with van der Waals surface area (Å²) in [5.74, 6) is 0.257. The van der Waals surface area contributed by atoms with Gasteiger partial charge in [0.1, 0.15) is 12.4 Å². The highest BCUT2D eigenvalue weighted by molar-refractivity contribution is 6.31. The molecule has 166 valence electrons. The first-order chi connectivity index (χ1) is 15.2. The lowest BCUT2D eigenvalue weighted by molar-refractivity contribution is -0.138. The van der Waals surface area contributed by atoms with E-state index >= 15 is 0 Å². The molecule has 0 spiro atoms. The van der Waals surface area contributed by atoms with Crippen LogP contribution in [-0.4, -0.2) is 17.7 Å². The first-order valence-corrected chi connectivity index (χ1v) is 9.84. The molecule has 0 saturated heterocycles. The molecule has 3 aromatic rings. The fourth-order valence-corrected chi connectivity index (χ4v) is 2.98. The van der Waals surface area contributed by atoms with E-state index in [9.17, 15) is 18.0 Å². The molecule has 3 aromatic carbocycles. The molecule has 0 aliphatic heterocycles. The molecule has 0 saturated carbocycles. The van der Waals surface area contributed by atoms with Crippen LogP contribution in [0.4, 0.5) is 13.2 Å². The predicted molar refractivity (Wildman–Crippen MR) is 115 cm³/mol. The van der Waals surface area contributed by atoms with Crippen LogP contribution in [0.3, 0.4) is 0 Å². The molecule has 0 amide bonds. The fraction of sp³-hybridized carbons (Fsp3) is 0.125. The van der Waals surface area contributed by atoms with Crippen molar-refractivity contribution < 1.29 is 32.5 Å². The Labute approximate surface area is 187 Å². The quantitative estimate of drug-likeness (QED) is 0.397. The summed E-state index contributed by atoms with van der Waals surface area (Å²) < 4.78 is 49.4. The second-order valence-electron chi connectivity index (χ2n) is 6.71. The third kappa shape index (κ3) is 6.52. The van der Waals surface area contributed by atoms with Gasteiger partial charge in [0.15, 0.2) is 11.5 Å². The van der Waals surface area contributed by atoms with Gasteiger partial charge in [0.2, 0.25) is 0 Å². The fourth-order valence-electron chi connectivity index (χ4n) is 2.80. The van der Waals surface area contributed by atoms with E-state index in [-0.39, 0.29) is 13.0 Å². The van der Waals surface area contributed by atoms with Crippen LogP contribution >= 0.6 is 11.6 Å². The number of carboxylic acid groups (broad SMARTS) is 1. The van der Waals surface area contributed by atoms with Gasteiger partial charge in [0.05, 0.1) is 12.0 Å². The zero-order chi connectivity index (χ0) is 23.1. The standard InChI is InChI=1S/C24H18ClF3O4/c25-20-12-11-19(14-17(20)15-23(29)30)32-22-6-2-1-5-21(22)31-13-3-4-16-7-9-18(10-8-16)24(26,27)28/h1-12,14H,13,15H2,(H,29,30). The van der Waals surface area contributed by atoms with Crippen molar-refractivity contribution in [3.63, 3.8) is 0 Å². The minimum atomic E-state index is -4.37. The SMILES string of the molecule is O=C(O)Cc1cc(Oc2ccccc2OCC=Cc2ccc(C(F)(F)F)cc2)ccc1Cl. The molecule has 4 nitrogen and oxygen atoms in total. The van der Waals surface area contributed by atoms with Gasteiger partial charge in [-0.2, -0.15) is 13.2 Å². The smallest absolute Gasteiger partial charge is 0.416 e. The van der Waals surface area contributed by atoms with Gasteiger partial charge in [-0.3, -0.25) is 4.79 Å². The van der Waals surface area contributed by atoms with Crippen LogP contribution in [-0.2, 0) is 17.4 Å². The van der Waals surface area contributed by atoms with Crippen LogP contribution in [0.2, 0.25) is 5.02 Å². The molecule has 0 unspecified atom stereocenters. The lowest BCUT2D eigenvalue weighted by atomic mass is 10.1. The predicted octanol–water partition coefficient (Wildman–Crippen LogP) is 6.87. The molecule has 0 atom stereocenters. The van der Waals surface area contributed by atoms with E-state index in [1.165, 1.54) is 12.1 Å². The highest BCUT2D eigenvalue weighted by Crippen LogP contribution is 2.33. The molecule has 0 aromatic heterocycles. The summed E-state index contributed by atoms with van der Waals surface area (Å²) in [7, 11) is 0. The van der Waals surface area contributed by atoms with Gasteiger partial charge >= 0.3 is 12.1 Å². The Morgan fingerprint density at radius 1 is 1.00 bits per heavy atom. The summed E-state index contributed by atoms with van der Waals surface area (Å²) in [4.78, 5) is 11.0. The number of para-hydroxylation sites is 2. The lowest BCUT2D eigenvalue weighted by Gasteiger charge is -2.12. The number of alkyl halides is 3. The number of rotatable bonds is 8. The summed E-state index contributed by atoms with van der Waals surface area (Å²) in [6, 6.07) is 16.5. The number of carbonyl (C=O) groups is 1. The van der Waals surface area contributed by atoms with Gasteiger partial charge in [0.25, 0.3) is 0 Å². The minimum Gasteiger partial charge on any atom is -0.486 e. The Morgan fingerprint density at radius 2 is 1.69 bits per heavy atom. The highest BCUT2D eigenvalue weighted by atomic mass is 35.5. The average Bonchev–Trinajstić information content (AvgIpc) is 2.74. The van der Waals surface area contributed by atoms with Crippen molar-refractivity contribution in [1.82, 2.24) is 0 Å². The molecule has 0 aliphatic rings. The summed E-state index contributed by atoms with van der Waals surface area (Å²) in [5.41, 5.74) is 0.332. The second-order valence-corrected chi connectivity index (χ2v) is 7.11. The van der Waals surface area contributed by atoms with E-state index in [1.807, 2.05) is 0 Å². The maximum absolute atomic E-state index is 12.6. The van der Waals surface area contributed by atoms with E-state index in [4.69, 9.17) is 26.2 Å². The van der Waals surface area contributed by atoms with E-state index < -0.39 is 17.7 Å². The van der Waals surface area contributed by atoms with Crippen LogP contribution in [0.1, 0.15) is 16.7 Å². The number of hydrogen-bond acceptors (Lipinski definition) is 3. The number of hydrogen-bond donors (Lipinski definition) is 1. The van der Waals surface area contributed by atoms with Crippen LogP contribution < -0.4 is 9.47 Å². The Balaban J connectivity index is 1.65. The Bertz CT molecular complexity index is 1110. The normalized spacial score (nSPS) is 11.5. The first kappa shape index (κ1) is 23.2. The van der Waals surface area contributed by atoms with E-state index in [0.29, 0.717) is 33.4 Å². The topological polar surface area (TPSA) is 55.8 Å². The molecule has 0 radical (unpaired) electrons. The van der Waals surface area contributed by atoms with E-state index in [0.717, 1.165) is 12.1 Å². The molecule has 1 N–H and O–H groups in total. The van der Waals surface area contributed by atoms with Gasteiger partial charge < -0.3 is 14.6 Å². The maximum atomic E-state index is 12.6. The second kappa shape index (κ2) is 10.2. The summed E-state index contributed by atoms with van der Waals surface area (Å²) in [5, 5.41) is 9.32. The first-order valence-electron chi connectivity index (χ1n) is 9.46. The van der Waals surface area contributed by atoms with Crippen molar-refractivity contribution >= 4 is 23.6 Å².